The van der Waals surface area contributed by atoms with E-state index in [4.69, 9.17) is 5.84 Å². The van der Waals surface area contributed by atoms with E-state index in [1.54, 1.807) is 17.1 Å². The molecule has 5 nitrogen and oxygen atoms in total. The molecule has 2 aromatic rings. The van der Waals surface area contributed by atoms with Crippen LogP contribution in [0.4, 0.5) is 0 Å². The monoisotopic (exact) mass is 342 g/mol. The summed E-state index contributed by atoms with van der Waals surface area (Å²) < 4.78 is 2.56. The molecule has 0 aliphatic rings. The van der Waals surface area contributed by atoms with Crippen molar-refractivity contribution in [2.45, 2.75) is 6.04 Å². The van der Waals surface area contributed by atoms with E-state index < -0.39 is 6.04 Å². The largest absolute Gasteiger partial charge is 0.292 e. The minimum Gasteiger partial charge on any atom is -0.292 e. The Hall–Kier alpha value is -1.41. The van der Waals surface area contributed by atoms with Crippen molar-refractivity contribution in [3.05, 3.63) is 51.9 Å². The van der Waals surface area contributed by atoms with E-state index in [-0.39, 0.29) is 5.91 Å². The second-order valence-corrected chi connectivity index (χ2v) is 4.71. The van der Waals surface area contributed by atoms with Gasteiger partial charge >= 0.3 is 0 Å². The molecule has 17 heavy (non-hydrogen) atoms. The Morgan fingerprint density at radius 3 is 2.65 bits per heavy atom. The van der Waals surface area contributed by atoms with Gasteiger partial charge in [-0.1, -0.05) is 30.3 Å². The molecule has 2 rings (SSSR count). The Bertz CT molecular complexity index is 511. The van der Waals surface area contributed by atoms with E-state index in [1.165, 1.54) is 0 Å². The van der Waals surface area contributed by atoms with Gasteiger partial charge in [-0.05, 0) is 28.2 Å². The van der Waals surface area contributed by atoms with E-state index in [0.29, 0.717) is 0 Å². The van der Waals surface area contributed by atoms with Crippen molar-refractivity contribution in [1.82, 2.24) is 15.2 Å². The number of carbonyl (C=O) groups excluding carboxylic acids is 1. The van der Waals surface area contributed by atoms with Crippen LogP contribution in [0.25, 0.3) is 0 Å². The molecule has 3 N–H and O–H groups in total. The number of amides is 1. The quantitative estimate of drug-likeness (QED) is 0.379. The van der Waals surface area contributed by atoms with Crippen LogP contribution in [0.1, 0.15) is 11.6 Å². The Balaban J connectivity index is 2.42. The Kier molecular flexibility index (Phi) is 3.75. The van der Waals surface area contributed by atoms with Crippen molar-refractivity contribution in [2.24, 2.45) is 5.84 Å². The van der Waals surface area contributed by atoms with Gasteiger partial charge in [0.1, 0.15) is 0 Å². The zero-order valence-corrected chi connectivity index (χ0v) is 11.0. The highest BCUT2D eigenvalue weighted by Gasteiger charge is 2.22. The number of halogens is 1. The van der Waals surface area contributed by atoms with Crippen LogP contribution in [0.2, 0.25) is 0 Å². The minimum atomic E-state index is -0.537. The number of nitrogens with one attached hydrogen (secondary N) is 1. The number of hydrogen-bond acceptors (Lipinski definition) is 3. The molecule has 0 aliphatic heterocycles. The molecule has 0 aliphatic carbocycles. The molecule has 1 amide bonds. The molecule has 1 atom stereocenters. The fraction of sp³-hybridized carbons (Fsp3) is 0.0909. The third-order valence-electron chi connectivity index (χ3n) is 2.34. The number of rotatable bonds is 3. The van der Waals surface area contributed by atoms with Crippen LogP contribution in [0, 0.1) is 3.57 Å². The molecule has 0 saturated carbocycles. The van der Waals surface area contributed by atoms with Gasteiger partial charge in [-0.2, -0.15) is 5.10 Å². The smallest absolute Gasteiger partial charge is 0.263 e. The molecule has 0 saturated heterocycles. The highest BCUT2D eigenvalue weighted by Crippen LogP contribution is 2.18. The van der Waals surface area contributed by atoms with Crippen LogP contribution in [0.5, 0.6) is 0 Å². The van der Waals surface area contributed by atoms with Gasteiger partial charge in [0.2, 0.25) is 0 Å². The molecule has 1 aromatic heterocycles. The lowest BCUT2D eigenvalue weighted by Gasteiger charge is -2.15. The highest BCUT2D eigenvalue weighted by atomic mass is 127. The average Bonchev–Trinajstić information content (AvgIpc) is 2.77. The number of nitrogens with two attached hydrogens (primary N) is 1. The zero-order chi connectivity index (χ0) is 12.3. The summed E-state index contributed by atoms with van der Waals surface area (Å²) in [5, 5.41) is 4.15. The summed E-state index contributed by atoms with van der Waals surface area (Å²) in [6, 6.07) is 8.85. The molecule has 88 valence electrons. The lowest BCUT2D eigenvalue weighted by atomic mass is 10.1. The van der Waals surface area contributed by atoms with Gasteiger partial charge < -0.3 is 0 Å². The summed E-state index contributed by atoms with van der Waals surface area (Å²) in [6.07, 6.45) is 3.49. The molecule has 0 bridgehead atoms. The second-order valence-electron chi connectivity index (χ2n) is 3.46. The average molecular weight is 342 g/mol. The lowest BCUT2D eigenvalue weighted by Crippen LogP contribution is -2.37. The molecule has 0 spiro atoms. The molecular formula is C11H11IN4O. The Labute approximate surface area is 112 Å². The topological polar surface area (TPSA) is 72.9 Å². The maximum absolute atomic E-state index is 11.8. The lowest BCUT2D eigenvalue weighted by molar-refractivity contribution is -0.123. The van der Waals surface area contributed by atoms with Gasteiger partial charge in [0.25, 0.3) is 5.91 Å². The number of carbonyl (C=O) groups is 1. The SMILES string of the molecule is NNC(=O)C(c1ccccc1)n1cc(I)cn1. The van der Waals surface area contributed by atoms with Crippen molar-refractivity contribution in [3.8, 4) is 0 Å². The molecular weight excluding hydrogens is 331 g/mol. The van der Waals surface area contributed by atoms with E-state index in [9.17, 15) is 4.79 Å². The molecule has 0 radical (unpaired) electrons. The summed E-state index contributed by atoms with van der Waals surface area (Å²) in [7, 11) is 0. The van der Waals surface area contributed by atoms with Crippen LogP contribution < -0.4 is 11.3 Å². The summed E-state index contributed by atoms with van der Waals surface area (Å²) >= 11 is 2.14. The summed E-state index contributed by atoms with van der Waals surface area (Å²) in [4.78, 5) is 11.8. The van der Waals surface area contributed by atoms with Gasteiger partial charge in [0.15, 0.2) is 6.04 Å². The van der Waals surface area contributed by atoms with Crippen molar-refractivity contribution in [1.29, 1.82) is 0 Å². The summed E-state index contributed by atoms with van der Waals surface area (Å²) in [6.45, 7) is 0. The van der Waals surface area contributed by atoms with Crippen LogP contribution in [-0.4, -0.2) is 15.7 Å². The van der Waals surface area contributed by atoms with E-state index >= 15 is 0 Å². The molecule has 1 heterocycles. The Morgan fingerprint density at radius 1 is 1.41 bits per heavy atom. The van der Waals surface area contributed by atoms with Gasteiger partial charge in [-0.25, -0.2) is 5.84 Å². The van der Waals surface area contributed by atoms with Gasteiger partial charge in [0, 0.05) is 6.20 Å². The first-order chi connectivity index (χ1) is 8.22. The minimum absolute atomic E-state index is 0.296. The number of nitrogens with zero attached hydrogens (tertiary/aromatic N) is 2. The van der Waals surface area contributed by atoms with Crippen molar-refractivity contribution in [2.75, 3.05) is 0 Å². The van der Waals surface area contributed by atoms with E-state index in [2.05, 4.69) is 33.1 Å². The third kappa shape index (κ3) is 2.64. The predicted octanol–water partition coefficient (Wildman–Crippen LogP) is 1.07. The number of hydrazine groups is 1. The first-order valence-corrected chi connectivity index (χ1v) is 6.05. The van der Waals surface area contributed by atoms with Crippen LogP contribution in [0.3, 0.4) is 0 Å². The van der Waals surface area contributed by atoms with Gasteiger partial charge in [-0.3, -0.25) is 14.9 Å². The summed E-state index contributed by atoms with van der Waals surface area (Å²) in [5.74, 6) is 4.92. The first kappa shape index (κ1) is 12.1. The first-order valence-electron chi connectivity index (χ1n) is 4.97. The van der Waals surface area contributed by atoms with Crippen molar-refractivity contribution >= 4 is 28.5 Å². The molecule has 1 unspecified atom stereocenters. The molecule has 0 fully saturated rings. The highest BCUT2D eigenvalue weighted by molar-refractivity contribution is 14.1. The van der Waals surface area contributed by atoms with E-state index in [1.807, 2.05) is 30.3 Å². The van der Waals surface area contributed by atoms with Crippen LogP contribution >= 0.6 is 22.6 Å². The number of hydrogen-bond donors (Lipinski definition) is 2. The maximum atomic E-state index is 11.8. The molecule has 1 aromatic carbocycles. The van der Waals surface area contributed by atoms with Gasteiger partial charge in [0.05, 0.1) is 9.77 Å². The van der Waals surface area contributed by atoms with E-state index in [0.717, 1.165) is 9.13 Å². The standard InChI is InChI=1S/C11H11IN4O/c12-9-6-14-16(7-9)10(11(17)15-13)8-4-2-1-3-5-8/h1-7,10H,13H2,(H,15,17). The third-order valence-corrected chi connectivity index (χ3v) is 2.90. The number of aromatic nitrogens is 2. The second kappa shape index (κ2) is 5.28. The predicted molar refractivity (Wildman–Crippen MR) is 71.9 cm³/mol. The fourth-order valence-electron chi connectivity index (χ4n) is 1.59. The number of benzene rings is 1. The van der Waals surface area contributed by atoms with Gasteiger partial charge in [-0.15, -0.1) is 0 Å². The van der Waals surface area contributed by atoms with Crippen LogP contribution in [0.15, 0.2) is 42.7 Å². The Morgan fingerprint density at radius 2 is 2.12 bits per heavy atom. The summed E-state index contributed by atoms with van der Waals surface area (Å²) in [5.41, 5.74) is 3.01. The maximum Gasteiger partial charge on any atom is 0.263 e. The zero-order valence-electron chi connectivity index (χ0n) is 8.88. The fourth-order valence-corrected chi connectivity index (χ4v) is 2.00. The normalized spacial score (nSPS) is 12.1. The van der Waals surface area contributed by atoms with Crippen molar-refractivity contribution in [3.63, 3.8) is 0 Å². The van der Waals surface area contributed by atoms with Crippen molar-refractivity contribution < 1.29 is 4.79 Å². The van der Waals surface area contributed by atoms with Crippen LogP contribution in [-0.2, 0) is 4.79 Å². The molecule has 6 heteroatoms.